The number of hydrogen-bond donors (Lipinski definition) is 1. The first-order valence-corrected chi connectivity index (χ1v) is 5.62. The van der Waals surface area contributed by atoms with Crippen LogP contribution in [0.2, 0.25) is 0 Å². The van der Waals surface area contributed by atoms with Gasteiger partial charge in [-0.05, 0) is 19.8 Å². The van der Waals surface area contributed by atoms with Gasteiger partial charge in [-0.3, -0.25) is 4.79 Å². The van der Waals surface area contributed by atoms with E-state index in [4.69, 9.17) is 0 Å². The van der Waals surface area contributed by atoms with Crippen molar-refractivity contribution in [2.75, 3.05) is 0 Å². The Kier molecular flexibility index (Phi) is 2.24. The third kappa shape index (κ3) is 1.84. The lowest BCUT2D eigenvalue weighted by molar-refractivity contribution is 0.899. The van der Waals surface area contributed by atoms with Crippen LogP contribution >= 0.6 is 0 Å². The Morgan fingerprint density at radius 1 is 1.29 bits per heavy atom. The molecule has 86 valence electrons. The summed E-state index contributed by atoms with van der Waals surface area (Å²) < 4.78 is 0. The van der Waals surface area contributed by atoms with Gasteiger partial charge in [0.1, 0.15) is 12.2 Å². The van der Waals surface area contributed by atoms with Crippen LogP contribution in [0.4, 0.5) is 0 Å². The van der Waals surface area contributed by atoms with Crippen molar-refractivity contribution in [1.29, 1.82) is 0 Å². The number of nitrogens with zero attached hydrogens (tertiary/aromatic N) is 3. The van der Waals surface area contributed by atoms with Crippen LogP contribution in [0.1, 0.15) is 30.1 Å². The predicted octanol–water partition coefficient (Wildman–Crippen LogP) is 1.41. The number of hydrogen-bond acceptors (Lipinski definition) is 4. The van der Waals surface area contributed by atoms with E-state index in [1.807, 2.05) is 0 Å². The van der Waals surface area contributed by atoms with Crippen molar-refractivity contribution in [3.8, 4) is 11.3 Å². The van der Waals surface area contributed by atoms with Crippen molar-refractivity contribution in [2.45, 2.75) is 25.7 Å². The Morgan fingerprint density at radius 2 is 2.00 bits per heavy atom. The van der Waals surface area contributed by atoms with Crippen LogP contribution in [0.5, 0.6) is 0 Å². The zero-order valence-electron chi connectivity index (χ0n) is 9.47. The molecule has 5 nitrogen and oxygen atoms in total. The van der Waals surface area contributed by atoms with Crippen LogP contribution in [0, 0.1) is 6.92 Å². The predicted molar refractivity (Wildman–Crippen MR) is 62.6 cm³/mol. The van der Waals surface area contributed by atoms with Crippen molar-refractivity contribution >= 4 is 0 Å². The fourth-order valence-electron chi connectivity index (χ4n) is 1.80. The normalized spacial score (nSPS) is 14.9. The largest absolute Gasteiger partial charge is 0.310 e. The molecule has 0 atom stereocenters. The van der Waals surface area contributed by atoms with Gasteiger partial charge in [-0.25, -0.2) is 15.0 Å². The van der Waals surface area contributed by atoms with Gasteiger partial charge in [0.05, 0.1) is 5.69 Å². The maximum atomic E-state index is 11.8. The van der Waals surface area contributed by atoms with Gasteiger partial charge >= 0.3 is 0 Å². The monoisotopic (exact) mass is 228 g/mol. The first kappa shape index (κ1) is 10.1. The van der Waals surface area contributed by atoms with Crippen LogP contribution in [-0.2, 0) is 0 Å². The third-order valence-electron chi connectivity index (χ3n) is 2.97. The van der Waals surface area contributed by atoms with E-state index in [1.54, 1.807) is 19.3 Å². The van der Waals surface area contributed by atoms with Crippen molar-refractivity contribution in [3.63, 3.8) is 0 Å². The van der Waals surface area contributed by atoms with E-state index in [0.29, 0.717) is 17.2 Å². The van der Waals surface area contributed by atoms with Gasteiger partial charge in [-0.2, -0.15) is 0 Å². The van der Waals surface area contributed by atoms with Gasteiger partial charge in [0.15, 0.2) is 0 Å². The molecule has 2 heterocycles. The van der Waals surface area contributed by atoms with Gasteiger partial charge in [-0.1, -0.05) is 0 Å². The summed E-state index contributed by atoms with van der Waals surface area (Å²) >= 11 is 0. The maximum absolute atomic E-state index is 11.8. The van der Waals surface area contributed by atoms with E-state index >= 15 is 0 Å². The fraction of sp³-hybridized carbons (Fsp3) is 0.333. The lowest BCUT2D eigenvalue weighted by Gasteiger charge is -2.06. The minimum Gasteiger partial charge on any atom is -0.310 e. The van der Waals surface area contributed by atoms with Gasteiger partial charge in [0.2, 0.25) is 0 Å². The van der Waals surface area contributed by atoms with E-state index < -0.39 is 0 Å². The molecule has 0 radical (unpaired) electrons. The average molecular weight is 228 g/mol. The molecule has 0 aromatic carbocycles. The molecule has 2 aromatic rings. The summed E-state index contributed by atoms with van der Waals surface area (Å²) in [5, 5.41) is 0. The summed E-state index contributed by atoms with van der Waals surface area (Å²) in [4.78, 5) is 27.1. The topological polar surface area (TPSA) is 71.5 Å². The van der Waals surface area contributed by atoms with Crippen molar-refractivity contribution in [3.05, 3.63) is 40.5 Å². The van der Waals surface area contributed by atoms with Gasteiger partial charge in [0, 0.05) is 29.4 Å². The smallest absolute Gasteiger partial charge is 0.254 e. The summed E-state index contributed by atoms with van der Waals surface area (Å²) in [5.74, 6) is 1.21. The second kappa shape index (κ2) is 3.76. The maximum Gasteiger partial charge on any atom is 0.254 e. The highest BCUT2D eigenvalue weighted by molar-refractivity contribution is 5.60. The Bertz CT molecular complexity index is 602. The van der Waals surface area contributed by atoms with E-state index in [0.717, 1.165) is 24.2 Å². The van der Waals surface area contributed by atoms with Gasteiger partial charge in [-0.15, -0.1) is 0 Å². The molecule has 0 unspecified atom stereocenters. The first-order valence-electron chi connectivity index (χ1n) is 5.62. The summed E-state index contributed by atoms with van der Waals surface area (Å²) in [6.07, 6.45) is 7.04. The van der Waals surface area contributed by atoms with Crippen molar-refractivity contribution < 1.29 is 0 Å². The minimum absolute atomic E-state index is 0.0687. The van der Waals surface area contributed by atoms with Gasteiger partial charge < -0.3 is 4.98 Å². The SMILES string of the molecule is Cc1c(-c2cncnc2)nc(C2CC2)[nH]c1=O. The lowest BCUT2D eigenvalue weighted by atomic mass is 10.1. The van der Waals surface area contributed by atoms with Crippen LogP contribution in [0.25, 0.3) is 11.3 Å². The second-order valence-corrected chi connectivity index (χ2v) is 4.33. The highest BCUT2D eigenvalue weighted by Gasteiger charge is 2.27. The molecule has 1 aliphatic rings. The number of aromatic amines is 1. The molecule has 1 N–H and O–H groups in total. The number of aromatic nitrogens is 4. The average Bonchev–Trinajstić information content (AvgIpc) is 3.18. The molecule has 5 heteroatoms. The summed E-state index contributed by atoms with van der Waals surface area (Å²) in [5.41, 5.74) is 2.03. The molecule has 3 rings (SSSR count). The minimum atomic E-state index is -0.0687. The molecule has 0 amide bonds. The second-order valence-electron chi connectivity index (χ2n) is 4.33. The number of rotatable bonds is 2. The molecule has 1 fully saturated rings. The Balaban J connectivity index is 2.18. The molecule has 0 aliphatic heterocycles. The van der Waals surface area contributed by atoms with E-state index in [9.17, 15) is 4.79 Å². The third-order valence-corrected chi connectivity index (χ3v) is 2.97. The lowest BCUT2D eigenvalue weighted by Crippen LogP contribution is -2.15. The first-order chi connectivity index (χ1) is 8.25. The number of H-pyrrole nitrogens is 1. The molecule has 17 heavy (non-hydrogen) atoms. The molecular formula is C12H12N4O. The van der Waals surface area contributed by atoms with Crippen LogP contribution in [0.3, 0.4) is 0 Å². The zero-order valence-corrected chi connectivity index (χ0v) is 9.47. The molecule has 0 saturated heterocycles. The molecule has 1 saturated carbocycles. The van der Waals surface area contributed by atoms with E-state index in [2.05, 4.69) is 19.9 Å². The Hall–Kier alpha value is -2.04. The standard InChI is InChI=1S/C12H12N4O/c1-7-10(9-4-13-6-14-5-9)15-11(8-2-3-8)16-12(7)17/h4-6,8H,2-3H2,1H3,(H,15,16,17). The van der Waals surface area contributed by atoms with Crippen LogP contribution in [-0.4, -0.2) is 19.9 Å². The highest BCUT2D eigenvalue weighted by Crippen LogP contribution is 2.38. The van der Waals surface area contributed by atoms with E-state index in [1.165, 1.54) is 6.33 Å². The number of nitrogens with one attached hydrogen (secondary N) is 1. The Morgan fingerprint density at radius 3 is 2.65 bits per heavy atom. The summed E-state index contributed by atoms with van der Waals surface area (Å²) in [7, 11) is 0. The summed E-state index contributed by atoms with van der Waals surface area (Å²) in [6, 6.07) is 0. The fourth-order valence-corrected chi connectivity index (χ4v) is 1.80. The summed E-state index contributed by atoms with van der Waals surface area (Å²) in [6.45, 7) is 1.77. The quantitative estimate of drug-likeness (QED) is 0.843. The van der Waals surface area contributed by atoms with Gasteiger partial charge in [0.25, 0.3) is 5.56 Å². The molecule has 0 spiro atoms. The van der Waals surface area contributed by atoms with Crippen molar-refractivity contribution in [2.24, 2.45) is 0 Å². The van der Waals surface area contributed by atoms with Crippen LogP contribution in [0.15, 0.2) is 23.5 Å². The molecule has 0 bridgehead atoms. The zero-order chi connectivity index (χ0) is 11.8. The van der Waals surface area contributed by atoms with Crippen LogP contribution < -0.4 is 5.56 Å². The Labute approximate surface area is 98.0 Å². The molecule has 1 aliphatic carbocycles. The van der Waals surface area contributed by atoms with E-state index in [-0.39, 0.29) is 5.56 Å². The molecular weight excluding hydrogens is 216 g/mol. The van der Waals surface area contributed by atoms with Crippen molar-refractivity contribution in [1.82, 2.24) is 19.9 Å². The highest BCUT2D eigenvalue weighted by atomic mass is 16.1. The molecule has 2 aromatic heterocycles.